The molecule has 0 amide bonds. The molecule has 0 fully saturated rings. The largest absolute Gasteiger partial charge is 0.313 e. The van der Waals surface area contributed by atoms with Gasteiger partial charge in [0.15, 0.2) is 0 Å². The van der Waals surface area contributed by atoms with Crippen molar-refractivity contribution in [2.75, 3.05) is 13.1 Å². The summed E-state index contributed by atoms with van der Waals surface area (Å²) in [5, 5.41) is 3.64. The summed E-state index contributed by atoms with van der Waals surface area (Å²) >= 11 is 0. The second-order valence-corrected chi connectivity index (χ2v) is 6.34. The van der Waals surface area contributed by atoms with Gasteiger partial charge in [0.2, 0.25) is 0 Å². The molecule has 1 aromatic carbocycles. The van der Waals surface area contributed by atoms with Gasteiger partial charge in [0, 0.05) is 24.7 Å². The molecular formula is C19H34N2. The Morgan fingerprint density at radius 2 is 1.71 bits per heavy atom. The lowest BCUT2D eigenvalue weighted by Crippen LogP contribution is -2.43. The quantitative estimate of drug-likeness (QED) is 0.676. The summed E-state index contributed by atoms with van der Waals surface area (Å²) in [7, 11) is 0. The van der Waals surface area contributed by atoms with E-state index in [1.165, 1.54) is 31.4 Å². The van der Waals surface area contributed by atoms with Crippen LogP contribution in [0.4, 0.5) is 0 Å². The molecule has 0 aliphatic heterocycles. The molecule has 2 heteroatoms. The van der Waals surface area contributed by atoms with E-state index in [0.717, 1.165) is 6.54 Å². The van der Waals surface area contributed by atoms with Crippen molar-refractivity contribution in [1.82, 2.24) is 10.2 Å². The predicted molar refractivity (Wildman–Crippen MR) is 93.7 cm³/mol. The smallest absolute Gasteiger partial charge is 0.0475 e. The van der Waals surface area contributed by atoms with Crippen molar-refractivity contribution in [3.05, 3.63) is 35.9 Å². The molecule has 120 valence electrons. The summed E-state index contributed by atoms with van der Waals surface area (Å²) in [4.78, 5) is 2.69. The van der Waals surface area contributed by atoms with Crippen molar-refractivity contribution in [1.29, 1.82) is 0 Å². The zero-order valence-electron chi connectivity index (χ0n) is 14.6. The normalized spacial score (nSPS) is 14.6. The molecule has 0 radical (unpaired) electrons. The lowest BCUT2D eigenvalue weighted by atomic mass is 10.0. The maximum atomic E-state index is 3.64. The standard InChI is InChI=1S/C19H34N2/c1-6-8-14-21(17(5)7-2)19(15-20-16(3)4)18-12-10-9-11-13-18/h9-13,16-17,19-20H,6-8,14-15H2,1-5H3. The van der Waals surface area contributed by atoms with Crippen molar-refractivity contribution in [3.8, 4) is 0 Å². The molecule has 2 unspecified atom stereocenters. The number of nitrogens with zero attached hydrogens (tertiary/aromatic N) is 1. The fourth-order valence-electron chi connectivity index (χ4n) is 2.71. The van der Waals surface area contributed by atoms with Crippen LogP contribution in [0.25, 0.3) is 0 Å². The number of nitrogens with one attached hydrogen (secondary N) is 1. The van der Waals surface area contributed by atoms with Crippen LogP contribution in [0.3, 0.4) is 0 Å². The zero-order valence-corrected chi connectivity index (χ0v) is 14.6. The van der Waals surface area contributed by atoms with Crippen LogP contribution >= 0.6 is 0 Å². The van der Waals surface area contributed by atoms with Crippen LogP contribution in [0.5, 0.6) is 0 Å². The Bertz CT molecular complexity index is 361. The first-order chi connectivity index (χ1) is 10.1. The Labute approximate surface area is 131 Å². The van der Waals surface area contributed by atoms with E-state index in [2.05, 4.69) is 75.2 Å². The van der Waals surface area contributed by atoms with Crippen LogP contribution in [-0.2, 0) is 0 Å². The van der Waals surface area contributed by atoms with Crippen LogP contribution in [0.1, 0.15) is 65.5 Å². The molecule has 0 saturated heterocycles. The van der Waals surface area contributed by atoms with E-state index in [4.69, 9.17) is 0 Å². The van der Waals surface area contributed by atoms with Gasteiger partial charge in [0.1, 0.15) is 0 Å². The van der Waals surface area contributed by atoms with Gasteiger partial charge in [-0.25, -0.2) is 0 Å². The first kappa shape index (κ1) is 18.2. The highest BCUT2D eigenvalue weighted by molar-refractivity contribution is 5.19. The van der Waals surface area contributed by atoms with E-state index >= 15 is 0 Å². The van der Waals surface area contributed by atoms with Crippen LogP contribution in [0.2, 0.25) is 0 Å². The number of hydrogen-bond donors (Lipinski definition) is 1. The fraction of sp³-hybridized carbons (Fsp3) is 0.684. The van der Waals surface area contributed by atoms with E-state index in [0.29, 0.717) is 18.1 Å². The highest BCUT2D eigenvalue weighted by atomic mass is 15.2. The van der Waals surface area contributed by atoms with Crippen LogP contribution in [0.15, 0.2) is 30.3 Å². The third-order valence-corrected chi connectivity index (χ3v) is 4.23. The van der Waals surface area contributed by atoms with Gasteiger partial charge >= 0.3 is 0 Å². The van der Waals surface area contributed by atoms with Crippen molar-refractivity contribution >= 4 is 0 Å². The minimum atomic E-state index is 0.468. The Kier molecular flexibility index (Phi) is 8.63. The Balaban J connectivity index is 2.93. The summed E-state index contributed by atoms with van der Waals surface area (Å²) in [6.45, 7) is 13.6. The summed E-state index contributed by atoms with van der Waals surface area (Å²) in [6.07, 6.45) is 3.73. The molecule has 0 aromatic heterocycles. The fourth-order valence-corrected chi connectivity index (χ4v) is 2.71. The summed E-state index contributed by atoms with van der Waals surface area (Å²) < 4.78 is 0. The third kappa shape index (κ3) is 6.19. The first-order valence-corrected chi connectivity index (χ1v) is 8.64. The van der Waals surface area contributed by atoms with E-state index in [-0.39, 0.29) is 0 Å². The molecule has 0 aliphatic rings. The number of benzene rings is 1. The number of rotatable bonds is 10. The van der Waals surface area contributed by atoms with E-state index in [9.17, 15) is 0 Å². The summed E-state index contributed by atoms with van der Waals surface area (Å²) in [5.41, 5.74) is 1.43. The lowest BCUT2D eigenvalue weighted by molar-refractivity contribution is 0.133. The third-order valence-electron chi connectivity index (χ3n) is 4.23. The summed E-state index contributed by atoms with van der Waals surface area (Å²) in [6, 6.07) is 12.6. The molecule has 1 N–H and O–H groups in total. The Morgan fingerprint density at radius 3 is 2.24 bits per heavy atom. The molecule has 0 aliphatic carbocycles. The Morgan fingerprint density at radius 1 is 1.05 bits per heavy atom. The monoisotopic (exact) mass is 290 g/mol. The number of hydrogen-bond acceptors (Lipinski definition) is 2. The molecule has 21 heavy (non-hydrogen) atoms. The molecule has 2 nitrogen and oxygen atoms in total. The van der Waals surface area contributed by atoms with Gasteiger partial charge in [-0.3, -0.25) is 4.90 Å². The molecule has 2 atom stereocenters. The molecule has 0 bridgehead atoms. The van der Waals surface area contributed by atoms with Gasteiger partial charge in [-0.1, -0.05) is 64.4 Å². The maximum absolute atomic E-state index is 3.64. The highest BCUT2D eigenvalue weighted by Crippen LogP contribution is 2.24. The van der Waals surface area contributed by atoms with Gasteiger partial charge in [-0.2, -0.15) is 0 Å². The molecule has 0 spiro atoms. The minimum absolute atomic E-state index is 0.468. The zero-order chi connectivity index (χ0) is 15.7. The van der Waals surface area contributed by atoms with Gasteiger partial charge in [0.05, 0.1) is 0 Å². The molecule has 0 saturated carbocycles. The van der Waals surface area contributed by atoms with Gasteiger partial charge in [-0.15, -0.1) is 0 Å². The predicted octanol–water partition coefficient (Wildman–Crippen LogP) is 4.63. The van der Waals surface area contributed by atoms with Gasteiger partial charge < -0.3 is 5.32 Å². The molecule has 0 heterocycles. The van der Waals surface area contributed by atoms with Crippen molar-refractivity contribution in [2.24, 2.45) is 0 Å². The van der Waals surface area contributed by atoms with Gasteiger partial charge in [-0.05, 0) is 31.9 Å². The van der Waals surface area contributed by atoms with Crippen molar-refractivity contribution in [2.45, 2.75) is 72.0 Å². The molecule has 1 aromatic rings. The highest BCUT2D eigenvalue weighted by Gasteiger charge is 2.23. The van der Waals surface area contributed by atoms with Crippen LogP contribution in [-0.4, -0.2) is 30.1 Å². The average molecular weight is 290 g/mol. The SMILES string of the molecule is CCCCN(C(C)CC)C(CNC(C)C)c1ccccc1. The lowest BCUT2D eigenvalue weighted by Gasteiger charge is -2.37. The van der Waals surface area contributed by atoms with Crippen LogP contribution < -0.4 is 5.32 Å². The van der Waals surface area contributed by atoms with Crippen molar-refractivity contribution in [3.63, 3.8) is 0 Å². The van der Waals surface area contributed by atoms with Gasteiger partial charge in [0.25, 0.3) is 0 Å². The second-order valence-electron chi connectivity index (χ2n) is 6.34. The van der Waals surface area contributed by atoms with E-state index in [1.54, 1.807) is 0 Å². The molecular weight excluding hydrogens is 256 g/mol. The average Bonchev–Trinajstić information content (AvgIpc) is 2.50. The maximum Gasteiger partial charge on any atom is 0.0475 e. The molecule has 1 rings (SSSR count). The second kappa shape index (κ2) is 9.97. The Hall–Kier alpha value is -0.860. The first-order valence-electron chi connectivity index (χ1n) is 8.64. The van der Waals surface area contributed by atoms with Crippen molar-refractivity contribution < 1.29 is 0 Å². The number of unbranched alkanes of at least 4 members (excludes halogenated alkanes) is 1. The van der Waals surface area contributed by atoms with E-state index < -0.39 is 0 Å². The van der Waals surface area contributed by atoms with E-state index in [1.807, 2.05) is 0 Å². The minimum Gasteiger partial charge on any atom is -0.313 e. The topological polar surface area (TPSA) is 15.3 Å². The summed E-state index contributed by atoms with van der Waals surface area (Å²) in [5.74, 6) is 0. The van der Waals surface area contributed by atoms with Crippen LogP contribution in [0, 0.1) is 0 Å².